The highest BCUT2D eigenvalue weighted by molar-refractivity contribution is 7.98. The number of anilines is 1. The summed E-state index contributed by atoms with van der Waals surface area (Å²) in [5.41, 5.74) is 3.33. The second kappa shape index (κ2) is 13.9. The number of carbonyl (C=O) groups is 1. The van der Waals surface area contributed by atoms with Crippen molar-refractivity contribution in [3.63, 3.8) is 0 Å². The van der Waals surface area contributed by atoms with E-state index in [0.717, 1.165) is 11.3 Å². The number of hydrogen-bond acceptors (Lipinski definition) is 8. The highest BCUT2D eigenvalue weighted by atomic mass is 35.5. The quantitative estimate of drug-likeness (QED) is 0.157. The SMILES string of the molecule is COc1cc(C(C)(C)c2cnc(SCc3c(C)cc(C(=O)NC4CCN(c5nn[nH]n5)CC4)cc3F)n2-c2ccc(F)cc2)ccc1Cl. The Kier molecular flexibility index (Phi) is 9.70. The molecular weight excluding hydrogens is 658 g/mol. The molecule has 2 aromatic heterocycles. The molecule has 48 heavy (non-hydrogen) atoms. The van der Waals surface area contributed by atoms with Gasteiger partial charge in [-0.15, -0.1) is 5.10 Å². The van der Waals surface area contributed by atoms with E-state index in [4.69, 9.17) is 21.3 Å². The number of H-pyrrole nitrogens is 1. The first-order valence-corrected chi connectivity index (χ1v) is 16.8. The first-order valence-electron chi connectivity index (χ1n) is 15.4. The number of thioether (sulfide) groups is 1. The van der Waals surface area contributed by atoms with Crippen LogP contribution in [0.1, 0.15) is 59.4 Å². The minimum atomic E-state index is -0.572. The first kappa shape index (κ1) is 33.4. The van der Waals surface area contributed by atoms with Gasteiger partial charge in [-0.1, -0.05) is 48.4 Å². The van der Waals surface area contributed by atoms with Crippen molar-refractivity contribution >= 4 is 35.2 Å². The van der Waals surface area contributed by atoms with Crippen LogP contribution in [0, 0.1) is 18.6 Å². The van der Waals surface area contributed by atoms with E-state index in [1.807, 2.05) is 21.6 Å². The summed E-state index contributed by atoms with van der Waals surface area (Å²) in [6.45, 7) is 7.27. The number of methoxy groups -OCH3 is 1. The largest absolute Gasteiger partial charge is 0.495 e. The molecule has 0 radical (unpaired) electrons. The number of tetrazole rings is 1. The van der Waals surface area contributed by atoms with Gasteiger partial charge >= 0.3 is 0 Å². The van der Waals surface area contributed by atoms with Crippen molar-refractivity contribution < 1.29 is 18.3 Å². The molecule has 10 nitrogen and oxygen atoms in total. The smallest absolute Gasteiger partial charge is 0.265 e. The molecule has 3 aromatic carbocycles. The number of aryl methyl sites for hydroxylation is 1. The molecule has 1 amide bonds. The summed E-state index contributed by atoms with van der Waals surface area (Å²) in [5.74, 6) is 0.223. The lowest BCUT2D eigenvalue weighted by Crippen LogP contribution is -2.45. The third-order valence-electron chi connectivity index (χ3n) is 8.80. The average molecular weight is 693 g/mol. The second-order valence-corrected chi connectivity index (χ2v) is 13.6. The summed E-state index contributed by atoms with van der Waals surface area (Å²) < 4.78 is 37.0. The fourth-order valence-corrected chi connectivity index (χ4v) is 7.22. The zero-order chi connectivity index (χ0) is 34.0. The van der Waals surface area contributed by atoms with Crippen LogP contribution in [-0.4, -0.2) is 62.3 Å². The monoisotopic (exact) mass is 692 g/mol. The maximum atomic E-state index is 15.6. The average Bonchev–Trinajstić information content (AvgIpc) is 3.77. The molecule has 0 saturated carbocycles. The van der Waals surface area contributed by atoms with Crippen LogP contribution < -0.4 is 15.0 Å². The van der Waals surface area contributed by atoms with Gasteiger partial charge in [0, 0.05) is 47.1 Å². The number of rotatable bonds is 10. The topological polar surface area (TPSA) is 114 Å². The van der Waals surface area contributed by atoms with Gasteiger partial charge in [0.1, 0.15) is 17.4 Å². The lowest BCUT2D eigenvalue weighted by atomic mass is 9.81. The number of piperidine rings is 1. The van der Waals surface area contributed by atoms with E-state index < -0.39 is 11.2 Å². The van der Waals surface area contributed by atoms with Gasteiger partial charge in [0.2, 0.25) is 0 Å². The van der Waals surface area contributed by atoms with E-state index in [2.05, 4.69) is 39.8 Å². The van der Waals surface area contributed by atoms with Crippen molar-refractivity contribution in [3.8, 4) is 11.4 Å². The highest BCUT2D eigenvalue weighted by Gasteiger charge is 2.31. The molecule has 2 N–H and O–H groups in total. The molecule has 3 heterocycles. The van der Waals surface area contributed by atoms with Crippen molar-refractivity contribution in [1.29, 1.82) is 0 Å². The van der Waals surface area contributed by atoms with Crippen LogP contribution in [0.5, 0.6) is 5.75 Å². The molecule has 6 rings (SSSR count). The number of aromatic amines is 1. The van der Waals surface area contributed by atoms with E-state index >= 15 is 4.39 Å². The van der Waals surface area contributed by atoms with Gasteiger partial charge in [-0.2, -0.15) is 5.21 Å². The third kappa shape index (κ3) is 6.88. The van der Waals surface area contributed by atoms with E-state index in [1.54, 1.807) is 44.5 Å². The Morgan fingerprint density at radius 2 is 1.88 bits per heavy atom. The summed E-state index contributed by atoms with van der Waals surface area (Å²) in [7, 11) is 1.57. The minimum absolute atomic E-state index is 0.0445. The van der Waals surface area contributed by atoms with Crippen LogP contribution >= 0.6 is 23.4 Å². The van der Waals surface area contributed by atoms with Crippen LogP contribution in [-0.2, 0) is 11.2 Å². The van der Waals surface area contributed by atoms with Gasteiger partial charge in [0.25, 0.3) is 11.9 Å². The highest BCUT2D eigenvalue weighted by Crippen LogP contribution is 2.39. The lowest BCUT2D eigenvalue weighted by Gasteiger charge is -2.31. The summed E-state index contributed by atoms with van der Waals surface area (Å²) in [6, 6.07) is 14.8. The molecule has 0 unspecified atom stereocenters. The number of nitrogens with one attached hydrogen (secondary N) is 2. The van der Waals surface area contributed by atoms with Crippen molar-refractivity contribution in [2.45, 2.75) is 56.0 Å². The Bertz CT molecular complexity index is 1890. The lowest BCUT2D eigenvalue weighted by molar-refractivity contribution is 0.0930. The molecular formula is C34H35ClF2N8O2S. The van der Waals surface area contributed by atoms with Crippen LogP contribution in [0.15, 0.2) is 66.0 Å². The van der Waals surface area contributed by atoms with Crippen LogP contribution in [0.4, 0.5) is 14.7 Å². The third-order valence-corrected chi connectivity index (χ3v) is 10.1. The molecule has 250 valence electrons. The number of aromatic nitrogens is 6. The number of carbonyl (C=O) groups excluding carboxylic acids is 1. The van der Waals surface area contributed by atoms with E-state index in [1.165, 1.54) is 30.0 Å². The van der Waals surface area contributed by atoms with Crippen molar-refractivity contribution in [2.24, 2.45) is 0 Å². The predicted molar refractivity (Wildman–Crippen MR) is 181 cm³/mol. The van der Waals surface area contributed by atoms with Gasteiger partial charge in [-0.05, 0) is 84.6 Å². The van der Waals surface area contributed by atoms with Crippen LogP contribution in [0.25, 0.3) is 5.69 Å². The number of halogens is 3. The summed E-state index contributed by atoms with van der Waals surface area (Å²) in [5, 5.41) is 18.2. The van der Waals surface area contributed by atoms with Gasteiger partial charge in [-0.3, -0.25) is 9.36 Å². The molecule has 1 fully saturated rings. The zero-order valence-corrected chi connectivity index (χ0v) is 28.5. The van der Waals surface area contributed by atoms with Crippen LogP contribution in [0.3, 0.4) is 0 Å². The predicted octanol–water partition coefficient (Wildman–Crippen LogP) is 6.65. The second-order valence-electron chi connectivity index (χ2n) is 12.2. The number of hydrogen-bond donors (Lipinski definition) is 2. The van der Waals surface area contributed by atoms with E-state index in [-0.39, 0.29) is 29.1 Å². The Morgan fingerprint density at radius 3 is 2.54 bits per heavy atom. The van der Waals surface area contributed by atoms with Gasteiger partial charge in [0.15, 0.2) is 5.16 Å². The minimum Gasteiger partial charge on any atom is -0.495 e. The molecule has 1 aliphatic rings. The summed E-state index contributed by atoms with van der Waals surface area (Å²) in [6.07, 6.45) is 3.21. The molecule has 1 saturated heterocycles. The first-order chi connectivity index (χ1) is 23.0. The molecule has 14 heteroatoms. The van der Waals surface area contributed by atoms with Crippen molar-refractivity contribution in [2.75, 3.05) is 25.1 Å². The van der Waals surface area contributed by atoms with Crippen molar-refractivity contribution in [3.05, 3.63) is 105 Å². The molecule has 5 aromatic rings. The zero-order valence-electron chi connectivity index (χ0n) is 26.9. The maximum Gasteiger partial charge on any atom is 0.265 e. The van der Waals surface area contributed by atoms with Crippen LogP contribution in [0.2, 0.25) is 5.02 Å². The van der Waals surface area contributed by atoms with E-state index in [9.17, 15) is 9.18 Å². The number of benzene rings is 3. The number of amides is 1. The Morgan fingerprint density at radius 1 is 1.12 bits per heavy atom. The fourth-order valence-electron chi connectivity index (χ4n) is 5.92. The molecule has 0 atom stereocenters. The molecule has 0 aliphatic carbocycles. The van der Waals surface area contributed by atoms with Gasteiger partial charge < -0.3 is 15.0 Å². The maximum absolute atomic E-state index is 15.6. The normalized spacial score (nSPS) is 13.9. The number of nitrogens with zero attached hydrogens (tertiary/aromatic N) is 6. The Hall–Kier alpha value is -4.49. The summed E-state index contributed by atoms with van der Waals surface area (Å²) >= 11 is 7.67. The number of ether oxygens (including phenoxy) is 1. The van der Waals surface area contributed by atoms with Crippen molar-refractivity contribution in [1.82, 2.24) is 35.5 Å². The summed E-state index contributed by atoms with van der Waals surface area (Å²) in [4.78, 5) is 19.9. The Balaban J connectivity index is 1.21. The van der Waals surface area contributed by atoms with E-state index in [0.29, 0.717) is 64.6 Å². The van der Waals surface area contributed by atoms with Gasteiger partial charge in [0.05, 0.1) is 24.0 Å². The standard InChI is InChI=1S/C34H35ClF2N8O2S/c1-20-15-21(31(46)39-24-11-13-44(14-12-24)32-40-42-43-41-32)16-28(37)26(20)19-48-33-38-18-30(45(33)25-8-6-23(36)7-9-25)34(2,3)22-5-10-27(35)29(17-22)47-4/h5-10,15-18,24H,11-14,19H2,1-4H3,(H,39,46)(H,40,41,42,43). The molecule has 1 aliphatic heterocycles. The van der Waals surface area contributed by atoms with Gasteiger partial charge in [-0.25, -0.2) is 13.8 Å². The Labute approximate surface area is 286 Å². The fraction of sp³-hybridized carbons (Fsp3) is 0.324. The molecule has 0 spiro atoms. The molecule has 0 bridgehead atoms. The number of imidazole rings is 1.